The fraction of sp³-hybridized carbons (Fsp3) is 0.0833. The maximum Gasteiger partial charge on any atom is 0.147 e. The van der Waals surface area contributed by atoms with E-state index in [2.05, 4.69) is 117 Å². The molecule has 25 heavy (non-hydrogen) atoms. The molecule has 0 saturated carbocycles. The zero-order chi connectivity index (χ0) is 17.5. The number of hydrogen-bond acceptors (Lipinski definition) is 0. The Morgan fingerprint density at radius 3 is 1.64 bits per heavy atom. The minimum absolute atomic E-state index is 0.996. The van der Waals surface area contributed by atoms with Gasteiger partial charge in [0.2, 0.25) is 0 Å². The Labute approximate surface area is 152 Å². The van der Waals surface area contributed by atoms with Gasteiger partial charge in [0.25, 0.3) is 0 Å². The molecule has 0 aliphatic heterocycles. The van der Waals surface area contributed by atoms with E-state index >= 15 is 0 Å². The first-order valence-electron chi connectivity index (χ1n) is 8.73. The number of rotatable bonds is 6. The van der Waals surface area contributed by atoms with Crippen molar-refractivity contribution >= 4 is 24.5 Å². The lowest BCUT2D eigenvalue weighted by Crippen LogP contribution is -2.59. The quantitative estimate of drug-likeness (QED) is 0.434. The van der Waals surface area contributed by atoms with Crippen molar-refractivity contribution in [1.29, 1.82) is 0 Å². The molecule has 0 saturated heterocycles. The Morgan fingerprint density at radius 2 is 1.20 bits per heavy atom. The molecular formula is C24H24Si. The molecule has 0 amide bonds. The monoisotopic (exact) mass is 340 g/mol. The maximum atomic E-state index is 4.09. The summed E-state index contributed by atoms with van der Waals surface area (Å²) < 4.78 is 0. The SMILES string of the molecule is C=CC[Si](/C(C)=C/c1ccccc1)(c1ccccc1)c1ccccc1. The zero-order valence-electron chi connectivity index (χ0n) is 14.7. The Morgan fingerprint density at radius 1 is 0.760 bits per heavy atom. The Bertz CT molecular complexity index is 794. The smallest absolute Gasteiger partial charge is 0.103 e. The Kier molecular flexibility index (Phi) is 5.47. The van der Waals surface area contributed by atoms with E-state index in [0.29, 0.717) is 0 Å². The molecule has 0 fully saturated rings. The van der Waals surface area contributed by atoms with Crippen LogP contribution in [0.1, 0.15) is 12.5 Å². The highest BCUT2D eigenvalue weighted by Gasteiger charge is 2.37. The topological polar surface area (TPSA) is 0 Å². The van der Waals surface area contributed by atoms with Gasteiger partial charge in [-0.15, -0.1) is 6.58 Å². The van der Waals surface area contributed by atoms with Gasteiger partial charge in [0.1, 0.15) is 8.07 Å². The van der Waals surface area contributed by atoms with Gasteiger partial charge in [-0.25, -0.2) is 0 Å². The minimum atomic E-state index is -2.09. The van der Waals surface area contributed by atoms with Crippen molar-refractivity contribution in [3.05, 3.63) is 114 Å². The van der Waals surface area contributed by atoms with Crippen molar-refractivity contribution in [2.45, 2.75) is 13.0 Å². The molecule has 0 aliphatic rings. The normalized spacial score (nSPS) is 12.0. The van der Waals surface area contributed by atoms with Crippen molar-refractivity contribution in [2.24, 2.45) is 0 Å². The van der Waals surface area contributed by atoms with E-state index in [-0.39, 0.29) is 0 Å². The standard InChI is InChI=1S/C24H24Si/c1-3-19-25(23-15-9-5-10-16-23,24-17-11-6-12-18-24)21(2)20-22-13-7-4-8-14-22/h3-18,20H,1,19H2,2H3/b21-20+. The second-order valence-electron chi connectivity index (χ2n) is 6.37. The molecule has 3 aromatic carbocycles. The van der Waals surface area contributed by atoms with Gasteiger partial charge in [0.05, 0.1) is 0 Å². The zero-order valence-corrected chi connectivity index (χ0v) is 15.7. The van der Waals surface area contributed by atoms with Crippen LogP contribution in [-0.4, -0.2) is 8.07 Å². The van der Waals surface area contributed by atoms with Crippen LogP contribution in [0.3, 0.4) is 0 Å². The van der Waals surface area contributed by atoms with Gasteiger partial charge in [-0.3, -0.25) is 0 Å². The minimum Gasteiger partial charge on any atom is -0.103 e. The van der Waals surface area contributed by atoms with Gasteiger partial charge in [-0.05, 0) is 28.9 Å². The molecular weight excluding hydrogens is 316 g/mol. The van der Waals surface area contributed by atoms with Crippen molar-refractivity contribution < 1.29 is 0 Å². The fourth-order valence-electron chi connectivity index (χ4n) is 3.60. The molecule has 0 radical (unpaired) electrons. The first-order chi connectivity index (χ1) is 12.3. The van der Waals surface area contributed by atoms with E-state index in [1.807, 2.05) is 0 Å². The van der Waals surface area contributed by atoms with Gasteiger partial charge in [0.15, 0.2) is 0 Å². The molecule has 0 aliphatic carbocycles. The molecule has 0 atom stereocenters. The summed E-state index contributed by atoms with van der Waals surface area (Å²) in [7, 11) is -2.09. The molecule has 3 rings (SSSR count). The van der Waals surface area contributed by atoms with Gasteiger partial charge < -0.3 is 0 Å². The van der Waals surface area contributed by atoms with Gasteiger partial charge in [0, 0.05) is 0 Å². The van der Waals surface area contributed by atoms with E-state index < -0.39 is 8.07 Å². The second kappa shape index (κ2) is 7.95. The molecule has 0 unspecified atom stereocenters. The molecule has 0 spiro atoms. The summed E-state index contributed by atoms with van der Waals surface area (Å²) in [5.74, 6) is 0. The molecule has 0 N–H and O–H groups in total. The van der Waals surface area contributed by atoms with Crippen molar-refractivity contribution in [3.63, 3.8) is 0 Å². The first kappa shape index (κ1) is 17.2. The summed E-state index contributed by atoms with van der Waals surface area (Å²) in [5.41, 5.74) is 1.26. The average molecular weight is 341 g/mol. The van der Waals surface area contributed by atoms with E-state index in [0.717, 1.165) is 6.04 Å². The first-order valence-corrected chi connectivity index (χ1v) is 10.9. The molecule has 124 valence electrons. The van der Waals surface area contributed by atoms with Crippen molar-refractivity contribution in [3.8, 4) is 0 Å². The number of allylic oxidation sites excluding steroid dienone is 2. The maximum absolute atomic E-state index is 4.09. The Hall–Kier alpha value is -2.64. The lowest BCUT2D eigenvalue weighted by molar-refractivity contribution is 1.50. The van der Waals surface area contributed by atoms with E-state index in [4.69, 9.17) is 0 Å². The second-order valence-corrected chi connectivity index (χ2v) is 10.5. The van der Waals surface area contributed by atoms with Crippen LogP contribution in [-0.2, 0) is 0 Å². The summed E-state index contributed by atoms with van der Waals surface area (Å²) >= 11 is 0. The van der Waals surface area contributed by atoms with E-state index in [1.165, 1.54) is 21.1 Å². The molecule has 0 aromatic heterocycles. The summed E-state index contributed by atoms with van der Waals surface area (Å²) in [6.45, 7) is 6.39. The van der Waals surface area contributed by atoms with Crippen LogP contribution in [0.5, 0.6) is 0 Å². The highest BCUT2D eigenvalue weighted by atomic mass is 28.3. The van der Waals surface area contributed by atoms with Crippen LogP contribution in [0.15, 0.2) is 109 Å². The molecule has 0 bridgehead atoms. The Balaban J connectivity index is 2.24. The average Bonchev–Trinajstić information content (AvgIpc) is 2.68. The largest absolute Gasteiger partial charge is 0.147 e. The van der Waals surface area contributed by atoms with Gasteiger partial charge >= 0.3 is 0 Å². The lowest BCUT2D eigenvalue weighted by Gasteiger charge is -2.33. The third-order valence-corrected chi connectivity index (χ3v) is 9.87. The highest BCUT2D eigenvalue weighted by Crippen LogP contribution is 2.23. The molecule has 0 heterocycles. The third-order valence-electron chi connectivity index (χ3n) is 4.84. The molecule has 1 heteroatoms. The van der Waals surface area contributed by atoms with Crippen LogP contribution in [0.25, 0.3) is 6.08 Å². The summed E-state index contributed by atoms with van der Waals surface area (Å²) in [4.78, 5) is 0. The number of hydrogen-bond donors (Lipinski definition) is 0. The molecule has 3 aromatic rings. The number of benzene rings is 3. The van der Waals surface area contributed by atoms with Crippen LogP contribution in [0, 0.1) is 0 Å². The predicted octanol–water partition coefficient (Wildman–Crippen LogP) is 5.08. The summed E-state index contributed by atoms with van der Waals surface area (Å²) in [5, 5.41) is 4.33. The van der Waals surface area contributed by atoms with Crippen LogP contribution in [0.2, 0.25) is 6.04 Å². The van der Waals surface area contributed by atoms with Crippen molar-refractivity contribution in [2.75, 3.05) is 0 Å². The third kappa shape index (κ3) is 3.57. The van der Waals surface area contributed by atoms with Gasteiger partial charge in [-0.1, -0.05) is 108 Å². The van der Waals surface area contributed by atoms with Crippen molar-refractivity contribution in [1.82, 2.24) is 0 Å². The van der Waals surface area contributed by atoms with E-state index in [1.54, 1.807) is 0 Å². The van der Waals surface area contributed by atoms with Crippen LogP contribution >= 0.6 is 0 Å². The fourth-order valence-corrected chi connectivity index (χ4v) is 8.01. The summed E-state index contributed by atoms with van der Waals surface area (Å²) in [6, 6.07) is 33.5. The van der Waals surface area contributed by atoms with E-state index in [9.17, 15) is 0 Å². The van der Waals surface area contributed by atoms with Crippen LogP contribution in [0.4, 0.5) is 0 Å². The van der Waals surface area contributed by atoms with Gasteiger partial charge in [-0.2, -0.15) is 0 Å². The van der Waals surface area contributed by atoms with Crippen LogP contribution < -0.4 is 10.4 Å². The lowest BCUT2D eigenvalue weighted by atomic mass is 10.2. The summed E-state index contributed by atoms with van der Waals surface area (Å²) in [6.07, 6.45) is 4.45. The molecule has 0 nitrogen and oxygen atoms in total. The highest BCUT2D eigenvalue weighted by molar-refractivity contribution is 7.07. The predicted molar refractivity (Wildman–Crippen MR) is 113 cm³/mol.